The Morgan fingerprint density at radius 1 is 0.804 bits per heavy atom. The van der Waals surface area contributed by atoms with Gasteiger partial charge in [0.1, 0.15) is 5.75 Å². The van der Waals surface area contributed by atoms with Crippen LogP contribution in [-0.2, 0) is 31.3 Å². The van der Waals surface area contributed by atoms with Crippen LogP contribution in [0.1, 0.15) is 145 Å². The maximum absolute atomic E-state index is 7.15. The third kappa shape index (κ3) is 7.66. The second kappa shape index (κ2) is 13.6. The van der Waals surface area contributed by atoms with Crippen molar-refractivity contribution in [1.29, 1.82) is 0 Å². The summed E-state index contributed by atoms with van der Waals surface area (Å²) in [5.41, 5.74) is 7.21. The van der Waals surface area contributed by atoms with E-state index in [1.807, 2.05) is 0 Å². The van der Waals surface area contributed by atoms with Gasteiger partial charge in [0.2, 0.25) is 0 Å². The second-order valence-electron chi connectivity index (χ2n) is 19.3. The number of hydrogen-bond acceptors (Lipinski definition) is 4. The molecule has 0 N–H and O–H groups in total. The maximum Gasteiger partial charge on any atom is 0.498 e. The van der Waals surface area contributed by atoms with E-state index in [1.54, 1.807) is 0 Å². The summed E-state index contributed by atoms with van der Waals surface area (Å²) in [6.45, 7) is 30.1. The fourth-order valence-electron chi connectivity index (χ4n) is 8.16. The summed E-state index contributed by atoms with van der Waals surface area (Å²) in [6.07, 6.45) is 7.03. The summed E-state index contributed by atoms with van der Waals surface area (Å²) in [5.74, 6) is 0.787. The molecule has 0 spiro atoms. The van der Waals surface area contributed by atoms with Gasteiger partial charge in [-0.3, -0.25) is 0 Å². The minimum Gasteiger partial charge on any atom is -0.463 e. The van der Waals surface area contributed by atoms with E-state index < -0.39 is 18.3 Å². The van der Waals surface area contributed by atoms with Crippen LogP contribution in [0.15, 0.2) is 48.5 Å². The van der Waals surface area contributed by atoms with Crippen LogP contribution in [0, 0.1) is 5.41 Å². The van der Waals surface area contributed by atoms with Crippen molar-refractivity contribution in [1.82, 2.24) is 4.57 Å². The van der Waals surface area contributed by atoms with Crippen molar-refractivity contribution in [3.05, 3.63) is 65.2 Å². The average Bonchev–Trinajstić information content (AvgIpc) is 3.46. The van der Waals surface area contributed by atoms with Gasteiger partial charge >= 0.3 is 7.12 Å². The SMILES string of the molecule is CCCCc1ccc2c3ccc(C(C)(C)C)cc3n(-c3cc(C(C)(C)CC(C)(C)C)cc(B4OC(C)(C)C(C)(C)O4)c3OC3CCCCO3)c2c1. The predicted molar refractivity (Wildman–Crippen MR) is 215 cm³/mol. The molecule has 2 aliphatic heterocycles. The zero-order chi connectivity index (χ0) is 37.1. The van der Waals surface area contributed by atoms with Crippen LogP contribution < -0.4 is 10.2 Å². The van der Waals surface area contributed by atoms with Crippen LogP contribution in [-0.4, -0.2) is 35.8 Å². The molecular weight excluding hydrogens is 629 g/mol. The molecule has 0 aliphatic carbocycles. The lowest BCUT2D eigenvalue weighted by atomic mass is 9.69. The van der Waals surface area contributed by atoms with Crippen molar-refractivity contribution in [3.63, 3.8) is 0 Å². The molecule has 4 aromatic rings. The van der Waals surface area contributed by atoms with E-state index in [1.165, 1.54) is 38.5 Å². The number of nitrogens with zero attached hydrogens (tertiary/aromatic N) is 1. The quantitative estimate of drug-likeness (QED) is 0.164. The molecule has 276 valence electrons. The molecule has 51 heavy (non-hydrogen) atoms. The lowest BCUT2D eigenvalue weighted by molar-refractivity contribution is -0.105. The molecule has 3 heterocycles. The zero-order valence-electron chi connectivity index (χ0n) is 34.0. The molecule has 0 saturated carbocycles. The molecule has 1 unspecified atom stereocenters. The fourth-order valence-corrected chi connectivity index (χ4v) is 8.16. The van der Waals surface area contributed by atoms with E-state index >= 15 is 0 Å². The highest BCUT2D eigenvalue weighted by molar-refractivity contribution is 6.63. The summed E-state index contributed by atoms with van der Waals surface area (Å²) < 4.78 is 29.7. The first-order valence-corrected chi connectivity index (χ1v) is 19.6. The minimum absolute atomic E-state index is 0.0125. The number of ether oxygens (including phenoxy) is 2. The largest absolute Gasteiger partial charge is 0.498 e. The van der Waals surface area contributed by atoms with Gasteiger partial charge in [0.25, 0.3) is 0 Å². The van der Waals surface area contributed by atoms with Gasteiger partial charge in [-0.2, -0.15) is 0 Å². The molecule has 0 radical (unpaired) electrons. The second-order valence-corrected chi connectivity index (χ2v) is 19.3. The third-order valence-corrected chi connectivity index (χ3v) is 11.5. The van der Waals surface area contributed by atoms with Gasteiger partial charge in [-0.25, -0.2) is 0 Å². The Bertz CT molecular complexity index is 1860. The molecule has 1 aromatic heterocycles. The summed E-state index contributed by atoms with van der Waals surface area (Å²) in [7, 11) is -0.601. The van der Waals surface area contributed by atoms with Crippen LogP contribution in [0.25, 0.3) is 27.5 Å². The first-order valence-electron chi connectivity index (χ1n) is 19.6. The average molecular weight is 694 g/mol. The van der Waals surface area contributed by atoms with Gasteiger partial charge in [-0.15, -0.1) is 0 Å². The van der Waals surface area contributed by atoms with E-state index in [9.17, 15) is 0 Å². The van der Waals surface area contributed by atoms with Gasteiger partial charge < -0.3 is 23.3 Å². The summed E-state index contributed by atoms with van der Waals surface area (Å²) >= 11 is 0. The maximum atomic E-state index is 7.15. The number of fused-ring (bicyclic) bond motifs is 3. The molecule has 1 atom stereocenters. The summed E-state index contributed by atoms with van der Waals surface area (Å²) in [5, 5.41) is 2.50. The monoisotopic (exact) mass is 693 g/mol. The van der Waals surface area contributed by atoms with Gasteiger partial charge in [-0.05, 0) is 111 Å². The molecular formula is C45H64BNO4. The van der Waals surface area contributed by atoms with Crippen molar-refractivity contribution < 1.29 is 18.8 Å². The lowest BCUT2D eigenvalue weighted by Crippen LogP contribution is -2.41. The standard InChI is InChI=1S/C45H64BNO4/c1-14-15-18-30-20-22-33-34-23-21-31(42(5,6)7)27-37(34)47(36(33)25-30)38-28-32(43(8,9)29-41(2,3)4)26-35(40(38)49-39-19-16-17-24-48-39)46-50-44(10,11)45(12,13)51-46/h20-23,25-28,39H,14-19,24,29H2,1-13H3. The van der Waals surface area contributed by atoms with Crippen LogP contribution in [0.3, 0.4) is 0 Å². The Morgan fingerprint density at radius 3 is 2.04 bits per heavy atom. The molecule has 0 amide bonds. The van der Waals surface area contributed by atoms with Crippen LogP contribution >= 0.6 is 0 Å². The molecule has 0 bridgehead atoms. The van der Waals surface area contributed by atoms with Gasteiger partial charge in [0.15, 0.2) is 6.29 Å². The topological polar surface area (TPSA) is 41.9 Å². The van der Waals surface area contributed by atoms with Crippen LogP contribution in [0.5, 0.6) is 5.75 Å². The van der Waals surface area contributed by atoms with Crippen molar-refractivity contribution in [2.24, 2.45) is 5.41 Å². The van der Waals surface area contributed by atoms with Gasteiger partial charge in [-0.1, -0.05) is 99.1 Å². The van der Waals surface area contributed by atoms with E-state index in [0.29, 0.717) is 6.61 Å². The van der Waals surface area contributed by atoms with E-state index in [4.69, 9.17) is 18.8 Å². The molecule has 2 fully saturated rings. The van der Waals surface area contributed by atoms with Gasteiger partial charge in [0.05, 0.1) is 34.5 Å². The first kappa shape index (κ1) is 37.9. The molecule has 5 nitrogen and oxygen atoms in total. The highest BCUT2D eigenvalue weighted by Crippen LogP contribution is 2.44. The van der Waals surface area contributed by atoms with Gasteiger partial charge in [0, 0.05) is 22.7 Å². The number of unbranched alkanes of at least 4 members (excludes halogenated alkanes) is 1. The summed E-state index contributed by atoms with van der Waals surface area (Å²) in [6, 6.07) is 18.8. The van der Waals surface area contributed by atoms with Crippen molar-refractivity contribution in [3.8, 4) is 11.4 Å². The zero-order valence-corrected chi connectivity index (χ0v) is 34.0. The number of rotatable bonds is 9. The fraction of sp³-hybridized carbons (Fsp3) is 0.600. The van der Waals surface area contributed by atoms with Crippen molar-refractivity contribution in [2.75, 3.05) is 6.61 Å². The Morgan fingerprint density at radius 2 is 1.45 bits per heavy atom. The highest BCUT2D eigenvalue weighted by atomic mass is 16.7. The van der Waals surface area contributed by atoms with E-state index in [0.717, 1.165) is 61.8 Å². The molecule has 2 aliphatic rings. The third-order valence-electron chi connectivity index (χ3n) is 11.5. The van der Waals surface area contributed by atoms with Crippen molar-refractivity contribution >= 4 is 34.4 Å². The first-order chi connectivity index (χ1) is 23.7. The van der Waals surface area contributed by atoms with Crippen molar-refractivity contribution in [2.45, 2.75) is 163 Å². The van der Waals surface area contributed by atoms with Crippen LogP contribution in [0.2, 0.25) is 0 Å². The Hall–Kier alpha value is -2.80. The number of benzene rings is 3. The van der Waals surface area contributed by atoms with E-state index in [2.05, 4.69) is 143 Å². The molecule has 3 aromatic carbocycles. The number of aromatic nitrogens is 1. The number of aryl methyl sites for hydroxylation is 1. The van der Waals surface area contributed by atoms with E-state index in [-0.39, 0.29) is 22.5 Å². The van der Waals surface area contributed by atoms with Crippen LogP contribution in [0.4, 0.5) is 0 Å². The number of hydrogen-bond donors (Lipinski definition) is 0. The normalized spacial score (nSPS) is 19.7. The Labute approximate surface area is 308 Å². The molecule has 6 heteroatoms. The minimum atomic E-state index is -0.601. The smallest absolute Gasteiger partial charge is 0.463 e. The predicted octanol–water partition coefficient (Wildman–Crippen LogP) is 11.3. The lowest BCUT2D eigenvalue weighted by Gasteiger charge is -2.35. The Kier molecular flexibility index (Phi) is 10.1. The highest BCUT2D eigenvalue weighted by Gasteiger charge is 2.53. The summed E-state index contributed by atoms with van der Waals surface area (Å²) in [4.78, 5) is 0. The Balaban J connectivity index is 1.73. The molecule has 6 rings (SSSR count). The molecule has 2 saturated heterocycles.